The van der Waals surface area contributed by atoms with E-state index in [-0.39, 0.29) is 5.92 Å². The molecule has 5 unspecified atom stereocenters. The van der Waals surface area contributed by atoms with E-state index in [0.29, 0.717) is 23.7 Å². The predicted molar refractivity (Wildman–Crippen MR) is 269 cm³/mol. The highest BCUT2D eigenvalue weighted by Crippen LogP contribution is 2.40. The summed E-state index contributed by atoms with van der Waals surface area (Å²) in [6.45, 7) is 9.39. The molecule has 7 aromatic rings. The van der Waals surface area contributed by atoms with E-state index in [0.717, 1.165) is 71.6 Å². The SMILES string of the molecule is CCC(C)CC(CC=c1ccc(=C2C=CC=C(C(CC(CC(C)CC)c3ccc(-c4ccccn4)cc3)c3ccc(-c4ccccn4)cc3)N2)cc1)c1ccc(-c2ccccn2)cc1. The zero-order valence-corrected chi connectivity index (χ0v) is 37.9. The summed E-state index contributed by atoms with van der Waals surface area (Å²) in [5, 5.41) is 6.40. The average molecular weight is 839 g/mol. The third-order valence-corrected chi connectivity index (χ3v) is 13.3. The lowest BCUT2D eigenvalue weighted by Gasteiger charge is -2.30. The van der Waals surface area contributed by atoms with Crippen molar-refractivity contribution in [2.45, 2.75) is 84.0 Å². The van der Waals surface area contributed by atoms with Crippen molar-refractivity contribution in [2.75, 3.05) is 0 Å². The van der Waals surface area contributed by atoms with Crippen molar-refractivity contribution in [3.8, 4) is 33.8 Å². The Kier molecular flexibility index (Phi) is 14.9. The van der Waals surface area contributed by atoms with Gasteiger partial charge in [0.15, 0.2) is 0 Å². The maximum Gasteiger partial charge on any atom is 0.0701 e. The van der Waals surface area contributed by atoms with Gasteiger partial charge in [-0.15, -0.1) is 0 Å². The fourth-order valence-electron chi connectivity index (χ4n) is 9.04. The first kappa shape index (κ1) is 44.0. The number of benzene rings is 4. The molecule has 4 nitrogen and oxygen atoms in total. The molecule has 8 rings (SSSR count). The van der Waals surface area contributed by atoms with E-state index in [4.69, 9.17) is 0 Å². The van der Waals surface area contributed by atoms with Crippen LogP contribution in [-0.2, 0) is 0 Å². The van der Waals surface area contributed by atoms with Gasteiger partial charge in [0, 0.05) is 52.6 Å². The summed E-state index contributed by atoms with van der Waals surface area (Å²) in [6, 6.07) is 54.8. The van der Waals surface area contributed by atoms with Gasteiger partial charge in [0.1, 0.15) is 0 Å². The number of pyridine rings is 3. The Labute approximate surface area is 381 Å². The van der Waals surface area contributed by atoms with Crippen LogP contribution >= 0.6 is 0 Å². The lowest BCUT2D eigenvalue weighted by Crippen LogP contribution is -2.26. The van der Waals surface area contributed by atoms with Crippen LogP contribution in [0.15, 0.2) is 194 Å². The summed E-state index contributed by atoms with van der Waals surface area (Å²) in [5.74, 6) is 2.22. The van der Waals surface area contributed by atoms with Crippen LogP contribution in [0.2, 0.25) is 0 Å². The maximum atomic E-state index is 4.64. The van der Waals surface area contributed by atoms with Crippen LogP contribution in [0.4, 0.5) is 0 Å². The Balaban J connectivity index is 1.06. The van der Waals surface area contributed by atoms with Crippen molar-refractivity contribution >= 4 is 11.8 Å². The molecule has 4 heterocycles. The second-order valence-corrected chi connectivity index (χ2v) is 17.8. The zero-order chi connectivity index (χ0) is 44.1. The third-order valence-electron chi connectivity index (χ3n) is 13.3. The molecule has 1 aliphatic heterocycles. The minimum Gasteiger partial charge on any atom is -0.358 e. The van der Waals surface area contributed by atoms with E-state index in [1.165, 1.54) is 39.2 Å². The Morgan fingerprint density at radius 1 is 0.500 bits per heavy atom. The third kappa shape index (κ3) is 11.3. The fraction of sp³-hybridized carbons (Fsp3) is 0.250. The highest BCUT2D eigenvalue weighted by atomic mass is 14.9. The van der Waals surface area contributed by atoms with E-state index in [1.807, 2.05) is 36.8 Å². The van der Waals surface area contributed by atoms with Crippen molar-refractivity contribution in [1.29, 1.82) is 0 Å². The van der Waals surface area contributed by atoms with E-state index in [1.54, 1.807) is 0 Å². The highest BCUT2D eigenvalue weighted by Gasteiger charge is 2.26. The number of nitrogens with one attached hydrogen (secondary N) is 1. The minimum absolute atomic E-state index is 0.148. The lowest BCUT2D eigenvalue weighted by molar-refractivity contribution is 0.422. The number of hydrogen-bond acceptors (Lipinski definition) is 4. The Hall–Kier alpha value is -6.65. The number of rotatable bonds is 17. The molecule has 0 radical (unpaired) electrons. The molecule has 0 amide bonds. The summed E-state index contributed by atoms with van der Waals surface area (Å²) < 4.78 is 0. The predicted octanol–water partition coefficient (Wildman–Crippen LogP) is 13.8. The summed E-state index contributed by atoms with van der Waals surface area (Å²) in [4.78, 5) is 13.8. The Bertz CT molecular complexity index is 2700. The molecule has 0 aliphatic carbocycles. The molecule has 0 bridgehead atoms. The van der Waals surface area contributed by atoms with Gasteiger partial charge in [-0.05, 0) is 125 Å². The number of hydrogen-bond donors (Lipinski definition) is 1. The maximum absolute atomic E-state index is 4.64. The van der Waals surface area contributed by atoms with Gasteiger partial charge in [0.2, 0.25) is 0 Å². The van der Waals surface area contributed by atoms with E-state index in [2.05, 4.69) is 206 Å². The quantitative estimate of drug-likeness (QED) is 0.0992. The van der Waals surface area contributed by atoms with Crippen molar-refractivity contribution in [1.82, 2.24) is 20.3 Å². The summed E-state index contributed by atoms with van der Waals surface area (Å²) >= 11 is 0. The molecule has 0 saturated heterocycles. The smallest absolute Gasteiger partial charge is 0.0701 e. The molecule has 0 spiro atoms. The van der Waals surface area contributed by atoms with Gasteiger partial charge < -0.3 is 5.32 Å². The van der Waals surface area contributed by atoms with Gasteiger partial charge >= 0.3 is 0 Å². The van der Waals surface area contributed by atoms with Crippen LogP contribution in [-0.4, -0.2) is 15.0 Å². The van der Waals surface area contributed by atoms with Crippen LogP contribution in [0.5, 0.6) is 0 Å². The first-order chi connectivity index (χ1) is 31.4. The summed E-state index contributed by atoms with van der Waals surface area (Å²) in [6.07, 6.45) is 21.3. The van der Waals surface area contributed by atoms with Crippen molar-refractivity contribution in [2.24, 2.45) is 11.8 Å². The summed E-state index contributed by atoms with van der Waals surface area (Å²) in [5.41, 5.74) is 12.9. The van der Waals surface area contributed by atoms with Gasteiger partial charge in [-0.3, -0.25) is 15.0 Å². The number of nitrogens with zero attached hydrogens (tertiary/aromatic N) is 3. The molecule has 1 aliphatic rings. The average Bonchev–Trinajstić information content (AvgIpc) is 3.37. The highest BCUT2D eigenvalue weighted by molar-refractivity contribution is 5.63. The standard InChI is InChI=1S/C60H62N4/c1-5-43(3)40-53(46-25-31-49(32-26-46)56-14-7-10-37-61-56)24-21-45-19-22-52(23-20-45)59-17-13-18-60(64-59)55(48-29-35-51(36-30-48)58-16-9-12-39-63-58)42-54(41-44(4)6-2)47-27-33-50(34-28-47)57-15-8-11-38-62-57/h7-23,25-39,43-44,53-55,64H,5-6,24,40-42H2,1-4H3. The number of allylic oxidation sites excluding steroid dienone is 3. The topological polar surface area (TPSA) is 50.7 Å². The first-order valence-corrected chi connectivity index (χ1v) is 23.4. The first-order valence-electron chi connectivity index (χ1n) is 23.4. The van der Waals surface area contributed by atoms with Crippen LogP contribution in [0.1, 0.15) is 101 Å². The second-order valence-electron chi connectivity index (χ2n) is 17.8. The van der Waals surface area contributed by atoms with Gasteiger partial charge in [-0.25, -0.2) is 0 Å². The monoisotopic (exact) mass is 838 g/mol. The van der Waals surface area contributed by atoms with Crippen LogP contribution in [0.25, 0.3) is 45.5 Å². The molecule has 1 N–H and O–H groups in total. The summed E-state index contributed by atoms with van der Waals surface area (Å²) in [7, 11) is 0. The van der Waals surface area contributed by atoms with Crippen molar-refractivity contribution < 1.29 is 0 Å². The van der Waals surface area contributed by atoms with Gasteiger partial charge in [-0.2, -0.15) is 0 Å². The Morgan fingerprint density at radius 2 is 0.969 bits per heavy atom. The van der Waals surface area contributed by atoms with Gasteiger partial charge in [0.05, 0.1) is 17.1 Å². The van der Waals surface area contributed by atoms with E-state index in [9.17, 15) is 0 Å². The van der Waals surface area contributed by atoms with Crippen LogP contribution in [0, 0.1) is 11.8 Å². The van der Waals surface area contributed by atoms with E-state index >= 15 is 0 Å². The molecular weight excluding hydrogens is 777 g/mol. The van der Waals surface area contributed by atoms with Crippen LogP contribution in [0.3, 0.4) is 0 Å². The van der Waals surface area contributed by atoms with E-state index < -0.39 is 0 Å². The molecule has 4 heteroatoms. The largest absolute Gasteiger partial charge is 0.358 e. The number of aromatic nitrogens is 3. The fourth-order valence-corrected chi connectivity index (χ4v) is 9.04. The molecule has 64 heavy (non-hydrogen) atoms. The normalized spacial score (nSPS) is 14.8. The molecular formula is C60H62N4. The molecule has 0 fully saturated rings. The van der Waals surface area contributed by atoms with Crippen molar-refractivity contribution in [3.63, 3.8) is 0 Å². The van der Waals surface area contributed by atoms with Crippen molar-refractivity contribution in [3.05, 3.63) is 221 Å². The second kappa shape index (κ2) is 21.6. The number of dihydropyridines is 1. The van der Waals surface area contributed by atoms with Gasteiger partial charge in [-0.1, -0.05) is 168 Å². The molecule has 5 atom stereocenters. The molecule has 3 aromatic heterocycles. The Morgan fingerprint density at radius 3 is 1.44 bits per heavy atom. The molecule has 4 aromatic carbocycles. The van der Waals surface area contributed by atoms with Crippen LogP contribution < -0.4 is 15.8 Å². The zero-order valence-electron chi connectivity index (χ0n) is 37.9. The minimum atomic E-state index is 0.148. The van der Waals surface area contributed by atoms with Gasteiger partial charge in [0.25, 0.3) is 0 Å². The molecule has 0 saturated carbocycles. The molecule has 322 valence electrons. The lowest BCUT2D eigenvalue weighted by atomic mass is 9.78.